The van der Waals surface area contributed by atoms with E-state index < -0.39 is 10.4 Å². The van der Waals surface area contributed by atoms with Gasteiger partial charge >= 0.3 is 10.4 Å². The Bertz CT molecular complexity index is 531. The van der Waals surface area contributed by atoms with Crippen LogP contribution < -0.4 is 5.32 Å². The van der Waals surface area contributed by atoms with Gasteiger partial charge in [0, 0.05) is 26.2 Å². The zero-order valence-electron chi connectivity index (χ0n) is 11.2. The third-order valence-corrected chi connectivity index (χ3v) is 2.91. The van der Waals surface area contributed by atoms with E-state index in [-0.39, 0.29) is 11.8 Å². The lowest BCUT2D eigenvalue weighted by molar-refractivity contribution is -0.112. The summed E-state index contributed by atoms with van der Waals surface area (Å²) >= 11 is 0. The maximum atomic E-state index is 11.2. The molecule has 1 aliphatic heterocycles. The van der Waals surface area contributed by atoms with Crippen LogP contribution in [0.4, 0.5) is 0 Å². The highest BCUT2D eigenvalue weighted by atomic mass is 32.3. The van der Waals surface area contributed by atoms with Crippen molar-refractivity contribution in [3.63, 3.8) is 0 Å². The Kier molecular flexibility index (Phi) is 6.72. The van der Waals surface area contributed by atoms with E-state index in [0.717, 1.165) is 38.0 Å². The Labute approximate surface area is 123 Å². The Morgan fingerprint density at radius 3 is 2.05 bits per heavy atom. The smallest absolute Gasteiger partial charge is 0.394 e. The molecule has 21 heavy (non-hydrogen) atoms. The molecule has 1 unspecified atom stereocenters. The topological polar surface area (TPSA) is 127 Å². The first-order valence-electron chi connectivity index (χ1n) is 6.20. The molecule has 118 valence electrons. The van der Waals surface area contributed by atoms with Crippen molar-refractivity contribution in [1.82, 2.24) is 10.2 Å². The largest absolute Gasteiger partial charge is 0.508 e. The van der Waals surface area contributed by atoms with Crippen LogP contribution in [-0.4, -0.2) is 60.0 Å². The van der Waals surface area contributed by atoms with Crippen LogP contribution in [0.2, 0.25) is 0 Å². The second-order valence-electron chi connectivity index (χ2n) is 4.41. The summed E-state index contributed by atoms with van der Waals surface area (Å²) in [7, 11) is -4.67. The highest BCUT2D eigenvalue weighted by molar-refractivity contribution is 7.79. The summed E-state index contributed by atoms with van der Waals surface area (Å²) in [5.41, 5.74) is 0.940. The normalized spacial score (nSPS) is 17.4. The predicted molar refractivity (Wildman–Crippen MR) is 75.5 cm³/mol. The highest BCUT2D eigenvalue weighted by Gasteiger charge is 2.21. The molecule has 1 aliphatic rings. The number of benzene rings is 1. The van der Waals surface area contributed by atoms with Crippen LogP contribution >= 0.6 is 0 Å². The van der Waals surface area contributed by atoms with E-state index in [1.807, 2.05) is 0 Å². The fourth-order valence-corrected chi connectivity index (χ4v) is 2.01. The van der Waals surface area contributed by atoms with Gasteiger partial charge in [0.15, 0.2) is 0 Å². The first kappa shape index (κ1) is 17.5. The highest BCUT2D eigenvalue weighted by Crippen LogP contribution is 2.21. The molecule has 9 heteroatoms. The first-order chi connectivity index (χ1) is 9.81. The van der Waals surface area contributed by atoms with Crippen molar-refractivity contribution in [1.29, 1.82) is 0 Å². The van der Waals surface area contributed by atoms with Gasteiger partial charge in [-0.2, -0.15) is 8.42 Å². The van der Waals surface area contributed by atoms with Crippen LogP contribution in [0.3, 0.4) is 0 Å². The van der Waals surface area contributed by atoms with Crippen LogP contribution in [0, 0.1) is 0 Å². The van der Waals surface area contributed by atoms with Gasteiger partial charge in [-0.3, -0.25) is 14.0 Å². The minimum absolute atomic E-state index is 0.192. The van der Waals surface area contributed by atoms with Crippen molar-refractivity contribution in [2.75, 3.05) is 26.2 Å². The van der Waals surface area contributed by atoms with Gasteiger partial charge in [0.2, 0.25) is 0 Å². The fraction of sp³-hybridized carbons (Fsp3) is 0.417. The lowest BCUT2D eigenvalue weighted by Gasteiger charge is -2.32. The maximum absolute atomic E-state index is 11.2. The number of aldehydes is 1. The van der Waals surface area contributed by atoms with Crippen LogP contribution in [0.1, 0.15) is 11.6 Å². The number of aromatic hydroxyl groups is 1. The second-order valence-corrected chi connectivity index (χ2v) is 5.30. The van der Waals surface area contributed by atoms with Crippen molar-refractivity contribution in [2.45, 2.75) is 6.04 Å². The summed E-state index contributed by atoms with van der Waals surface area (Å²) in [6, 6.07) is 6.65. The van der Waals surface area contributed by atoms with E-state index in [1.54, 1.807) is 24.3 Å². The number of piperazine rings is 1. The fourth-order valence-electron chi connectivity index (χ4n) is 2.01. The number of carbonyl (C=O) groups is 1. The summed E-state index contributed by atoms with van der Waals surface area (Å²) in [6.45, 7) is 3.60. The second kappa shape index (κ2) is 8.05. The number of rotatable bonds is 3. The predicted octanol–water partition coefficient (Wildman–Crippen LogP) is -0.115. The summed E-state index contributed by atoms with van der Waals surface area (Å²) in [5.74, 6) is 0.230. The number of nitrogens with one attached hydrogen (secondary N) is 1. The van der Waals surface area contributed by atoms with Gasteiger partial charge in [-0.1, -0.05) is 12.1 Å². The Morgan fingerprint density at radius 2 is 1.62 bits per heavy atom. The molecule has 4 N–H and O–H groups in total. The van der Waals surface area contributed by atoms with Gasteiger partial charge < -0.3 is 15.2 Å². The van der Waals surface area contributed by atoms with Gasteiger partial charge in [-0.05, 0) is 17.7 Å². The lowest BCUT2D eigenvalue weighted by atomic mass is 10.1. The van der Waals surface area contributed by atoms with E-state index in [1.165, 1.54) is 0 Å². The molecule has 1 atom stereocenters. The summed E-state index contributed by atoms with van der Waals surface area (Å²) < 4.78 is 31.6. The molecule has 1 heterocycles. The summed E-state index contributed by atoms with van der Waals surface area (Å²) in [5, 5.41) is 12.5. The molecule has 0 radical (unpaired) electrons. The molecule has 0 amide bonds. The molecule has 0 bridgehead atoms. The van der Waals surface area contributed by atoms with Crippen molar-refractivity contribution in [3.05, 3.63) is 29.8 Å². The number of phenolic OH excluding ortho intramolecular Hbond substituents is 1. The Morgan fingerprint density at radius 1 is 1.14 bits per heavy atom. The van der Waals surface area contributed by atoms with E-state index in [9.17, 15) is 9.90 Å². The first-order valence-corrected chi connectivity index (χ1v) is 7.60. The summed E-state index contributed by atoms with van der Waals surface area (Å²) in [6.07, 6.45) is 0.970. The molecule has 0 aromatic heterocycles. The van der Waals surface area contributed by atoms with Crippen LogP contribution in [0.15, 0.2) is 24.3 Å². The zero-order chi connectivity index (χ0) is 15.9. The third-order valence-electron chi connectivity index (χ3n) is 2.91. The van der Waals surface area contributed by atoms with E-state index >= 15 is 0 Å². The van der Waals surface area contributed by atoms with Crippen molar-refractivity contribution < 1.29 is 27.4 Å². The van der Waals surface area contributed by atoms with Crippen molar-refractivity contribution >= 4 is 16.7 Å². The average molecular weight is 318 g/mol. The van der Waals surface area contributed by atoms with Gasteiger partial charge in [0.1, 0.15) is 12.0 Å². The van der Waals surface area contributed by atoms with Crippen LogP contribution in [-0.2, 0) is 15.2 Å². The van der Waals surface area contributed by atoms with Gasteiger partial charge in [0.25, 0.3) is 0 Å². The molecule has 1 saturated heterocycles. The van der Waals surface area contributed by atoms with Crippen molar-refractivity contribution in [3.8, 4) is 5.75 Å². The summed E-state index contributed by atoms with van der Waals surface area (Å²) in [4.78, 5) is 13.3. The Hall–Kier alpha value is -1.52. The van der Waals surface area contributed by atoms with Crippen molar-refractivity contribution in [2.24, 2.45) is 0 Å². The average Bonchev–Trinajstić information content (AvgIpc) is 2.41. The van der Waals surface area contributed by atoms with Gasteiger partial charge in [-0.25, -0.2) is 0 Å². The molecule has 2 rings (SSSR count). The molecular weight excluding hydrogens is 300 g/mol. The van der Waals surface area contributed by atoms with E-state index in [4.69, 9.17) is 17.5 Å². The minimum Gasteiger partial charge on any atom is -0.508 e. The van der Waals surface area contributed by atoms with E-state index in [0.29, 0.717) is 0 Å². The molecular formula is C12H18N2O6S. The molecule has 0 aliphatic carbocycles. The number of carbonyl (C=O) groups excluding carboxylic acids is 1. The van der Waals surface area contributed by atoms with E-state index in [2.05, 4.69) is 10.2 Å². The number of hydrogen-bond acceptors (Lipinski definition) is 6. The lowest BCUT2D eigenvalue weighted by Crippen LogP contribution is -2.45. The Balaban J connectivity index is 0.000000383. The SMILES string of the molecule is O=CC(c1ccc(O)cc1)N1CCNCC1.O=S(=O)(O)O. The molecule has 1 fully saturated rings. The maximum Gasteiger partial charge on any atom is 0.394 e. The molecule has 0 spiro atoms. The third kappa shape index (κ3) is 7.16. The molecule has 0 saturated carbocycles. The minimum atomic E-state index is -4.67. The monoisotopic (exact) mass is 318 g/mol. The zero-order valence-corrected chi connectivity index (χ0v) is 12.0. The number of hydrogen-bond donors (Lipinski definition) is 4. The standard InChI is InChI=1S/C12H16N2O2.H2O4S/c15-9-12(14-7-5-13-6-8-14)10-1-3-11(16)4-2-10;1-5(2,3)4/h1-4,9,12-13,16H,5-8H2;(H2,1,2,3,4). The molecule has 1 aromatic carbocycles. The van der Waals surface area contributed by atoms with Crippen LogP contribution in [0.25, 0.3) is 0 Å². The quantitative estimate of drug-likeness (QED) is 0.449. The number of nitrogens with zero attached hydrogens (tertiary/aromatic N) is 1. The van der Waals surface area contributed by atoms with Gasteiger partial charge in [-0.15, -0.1) is 0 Å². The molecule has 1 aromatic rings. The molecule has 8 nitrogen and oxygen atoms in total. The van der Waals surface area contributed by atoms with Gasteiger partial charge in [0.05, 0.1) is 6.04 Å². The number of phenols is 1. The van der Waals surface area contributed by atoms with Crippen LogP contribution in [0.5, 0.6) is 5.75 Å².